The van der Waals surface area contributed by atoms with Gasteiger partial charge in [-0.15, -0.1) is 0 Å². The van der Waals surface area contributed by atoms with Crippen LogP contribution in [0.1, 0.15) is 12.5 Å². The van der Waals surface area contributed by atoms with Gasteiger partial charge in [-0.2, -0.15) is 0 Å². The fourth-order valence-corrected chi connectivity index (χ4v) is 2.34. The molecule has 0 saturated carbocycles. The van der Waals surface area contributed by atoms with E-state index in [1.807, 2.05) is 13.0 Å². The molecule has 0 aliphatic heterocycles. The molecular weight excluding hydrogens is 230 g/mol. The van der Waals surface area contributed by atoms with Crippen molar-refractivity contribution in [2.75, 3.05) is 11.9 Å². The summed E-state index contributed by atoms with van der Waals surface area (Å²) in [6.45, 7) is 4.95. The number of hydrogen-bond acceptors (Lipinski definition) is 4. The second-order valence-electron chi connectivity index (χ2n) is 3.67. The zero-order valence-electron chi connectivity index (χ0n) is 9.97. The lowest BCUT2D eigenvalue weighted by molar-refractivity contribution is 1.01. The molecule has 0 spiro atoms. The van der Waals surface area contributed by atoms with Crippen molar-refractivity contribution < 1.29 is 0 Å². The summed E-state index contributed by atoms with van der Waals surface area (Å²) in [6.07, 6.45) is 1.78. The number of hydrogen-bond donors (Lipinski definition) is 1. The van der Waals surface area contributed by atoms with E-state index < -0.39 is 0 Å². The van der Waals surface area contributed by atoms with E-state index in [-0.39, 0.29) is 0 Å². The van der Waals surface area contributed by atoms with Gasteiger partial charge in [-0.05, 0) is 32.0 Å². The van der Waals surface area contributed by atoms with Gasteiger partial charge in [-0.25, -0.2) is 9.97 Å². The van der Waals surface area contributed by atoms with Crippen LogP contribution in [0.25, 0.3) is 0 Å². The number of nitrogens with zero attached hydrogens (tertiary/aromatic N) is 2. The average molecular weight is 245 g/mol. The predicted molar refractivity (Wildman–Crippen MR) is 71.5 cm³/mol. The second-order valence-corrected chi connectivity index (χ2v) is 4.76. The average Bonchev–Trinajstić information content (AvgIpc) is 2.30. The van der Waals surface area contributed by atoms with Crippen LogP contribution in [-0.4, -0.2) is 16.5 Å². The molecule has 0 radical (unpaired) electrons. The van der Waals surface area contributed by atoms with Crippen molar-refractivity contribution in [2.24, 2.45) is 0 Å². The van der Waals surface area contributed by atoms with Crippen molar-refractivity contribution in [1.82, 2.24) is 9.97 Å². The highest BCUT2D eigenvalue weighted by Crippen LogP contribution is 2.26. The lowest BCUT2D eigenvalue weighted by Crippen LogP contribution is -2.01. The summed E-state index contributed by atoms with van der Waals surface area (Å²) in [6, 6.07) is 10.3. The molecule has 1 N–H and O–H groups in total. The Hall–Kier alpha value is -1.55. The Kier molecular flexibility index (Phi) is 3.98. The Labute approximate surface area is 106 Å². The van der Waals surface area contributed by atoms with Crippen LogP contribution in [0, 0.1) is 6.92 Å². The first kappa shape index (κ1) is 11.9. The highest BCUT2D eigenvalue weighted by Gasteiger charge is 2.01. The van der Waals surface area contributed by atoms with Crippen molar-refractivity contribution >= 4 is 17.7 Å². The van der Waals surface area contributed by atoms with Crippen molar-refractivity contribution in [3.63, 3.8) is 0 Å². The van der Waals surface area contributed by atoms with Crippen LogP contribution in [0.3, 0.4) is 0 Å². The lowest BCUT2D eigenvalue weighted by atomic mass is 10.2. The molecule has 17 heavy (non-hydrogen) atoms. The largest absolute Gasteiger partial charge is 0.354 e. The summed E-state index contributed by atoms with van der Waals surface area (Å²) in [5, 5.41) is 4.07. The van der Waals surface area contributed by atoms with Crippen molar-refractivity contribution in [3.05, 3.63) is 42.1 Å². The van der Waals surface area contributed by atoms with Crippen LogP contribution < -0.4 is 5.32 Å². The maximum atomic E-state index is 4.43. The molecule has 1 aromatic heterocycles. The molecule has 2 rings (SSSR count). The number of benzene rings is 1. The molecule has 2 aromatic rings. The summed E-state index contributed by atoms with van der Waals surface area (Å²) in [5.74, 6) is 0.685. The molecule has 0 aliphatic rings. The van der Waals surface area contributed by atoms with Gasteiger partial charge in [0.1, 0.15) is 5.03 Å². The van der Waals surface area contributed by atoms with E-state index >= 15 is 0 Å². The zero-order valence-corrected chi connectivity index (χ0v) is 10.8. The van der Waals surface area contributed by atoms with E-state index in [9.17, 15) is 0 Å². The smallest absolute Gasteiger partial charge is 0.223 e. The summed E-state index contributed by atoms with van der Waals surface area (Å²) < 4.78 is 0. The van der Waals surface area contributed by atoms with Gasteiger partial charge in [-0.3, -0.25) is 0 Å². The van der Waals surface area contributed by atoms with Gasteiger partial charge in [0.2, 0.25) is 5.95 Å². The molecule has 0 aliphatic carbocycles. The van der Waals surface area contributed by atoms with Crippen molar-refractivity contribution in [3.8, 4) is 0 Å². The predicted octanol–water partition coefficient (Wildman–Crippen LogP) is 3.37. The topological polar surface area (TPSA) is 37.8 Å². The maximum absolute atomic E-state index is 4.43. The minimum Gasteiger partial charge on any atom is -0.354 e. The second kappa shape index (κ2) is 5.68. The highest BCUT2D eigenvalue weighted by molar-refractivity contribution is 7.99. The number of anilines is 1. The summed E-state index contributed by atoms with van der Waals surface area (Å²) in [5.41, 5.74) is 1.26. The molecule has 1 heterocycles. The van der Waals surface area contributed by atoms with Gasteiger partial charge in [0.25, 0.3) is 0 Å². The van der Waals surface area contributed by atoms with Gasteiger partial charge in [0.15, 0.2) is 0 Å². The van der Waals surface area contributed by atoms with Gasteiger partial charge in [-0.1, -0.05) is 29.5 Å². The first-order valence-electron chi connectivity index (χ1n) is 5.59. The standard InChI is InChI=1S/C13H15N3S/c1-3-14-13-15-8-7-12(16-13)17-11-6-4-5-10(2)9-11/h4-9H,3H2,1-2H3,(H,14,15,16). The normalized spacial score (nSPS) is 10.2. The Balaban J connectivity index is 2.15. The molecular formula is C13H15N3S. The van der Waals surface area contributed by atoms with Crippen molar-refractivity contribution in [1.29, 1.82) is 0 Å². The Morgan fingerprint density at radius 2 is 2.18 bits per heavy atom. The fraction of sp³-hybridized carbons (Fsp3) is 0.231. The Bertz CT molecular complexity index is 500. The van der Waals surface area contributed by atoms with Crippen LogP contribution >= 0.6 is 11.8 Å². The molecule has 3 nitrogen and oxygen atoms in total. The van der Waals surface area contributed by atoms with Gasteiger partial charge >= 0.3 is 0 Å². The zero-order chi connectivity index (χ0) is 12.1. The quantitative estimate of drug-likeness (QED) is 0.838. The summed E-state index contributed by atoms with van der Waals surface area (Å²) in [7, 11) is 0. The third kappa shape index (κ3) is 3.46. The van der Waals surface area contributed by atoms with Crippen LogP contribution in [0.5, 0.6) is 0 Å². The maximum Gasteiger partial charge on any atom is 0.223 e. The first-order valence-corrected chi connectivity index (χ1v) is 6.41. The van der Waals surface area contributed by atoms with E-state index in [2.05, 4.69) is 46.5 Å². The monoisotopic (exact) mass is 245 g/mol. The molecule has 0 unspecified atom stereocenters. The SMILES string of the molecule is CCNc1nccc(Sc2cccc(C)c2)n1. The fourth-order valence-electron chi connectivity index (χ4n) is 1.44. The third-order valence-corrected chi connectivity index (χ3v) is 3.10. The van der Waals surface area contributed by atoms with Crippen LogP contribution in [0.2, 0.25) is 0 Å². The van der Waals surface area contributed by atoms with E-state index in [1.165, 1.54) is 10.5 Å². The van der Waals surface area contributed by atoms with Crippen LogP contribution in [0.4, 0.5) is 5.95 Å². The first-order chi connectivity index (χ1) is 8.28. The number of aryl methyl sites for hydroxylation is 1. The van der Waals surface area contributed by atoms with E-state index in [1.54, 1.807) is 18.0 Å². The highest BCUT2D eigenvalue weighted by atomic mass is 32.2. The number of nitrogens with one attached hydrogen (secondary N) is 1. The minimum absolute atomic E-state index is 0.685. The number of aromatic nitrogens is 2. The molecule has 0 atom stereocenters. The minimum atomic E-state index is 0.685. The van der Waals surface area contributed by atoms with E-state index in [0.717, 1.165) is 11.6 Å². The number of rotatable bonds is 4. The summed E-state index contributed by atoms with van der Waals surface area (Å²) in [4.78, 5) is 9.78. The molecule has 88 valence electrons. The Morgan fingerprint density at radius 3 is 2.94 bits per heavy atom. The molecule has 0 fully saturated rings. The van der Waals surface area contributed by atoms with Gasteiger partial charge < -0.3 is 5.32 Å². The molecule has 1 aromatic carbocycles. The molecule has 0 amide bonds. The summed E-state index contributed by atoms with van der Waals surface area (Å²) >= 11 is 1.65. The molecule has 0 bridgehead atoms. The molecule has 4 heteroatoms. The van der Waals surface area contributed by atoms with Gasteiger partial charge in [0.05, 0.1) is 0 Å². The molecule has 0 saturated heterocycles. The van der Waals surface area contributed by atoms with Gasteiger partial charge in [0, 0.05) is 17.6 Å². The van der Waals surface area contributed by atoms with Crippen LogP contribution in [-0.2, 0) is 0 Å². The van der Waals surface area contributed by atoms with Crippen molar-refractivity contribution in [2.45, 2.75) is 23.8 Å². The van der Waals surface area contributed by atoms with Crippen LogP contribution in [0.15, 0.2) is 46.5 Å². The third-order valence-electron chi connectivity index (χ3n) is 2.18. The lowest BCUT2D eigenvalue weighted by Gasteiger charge is -2.04. The van der Waals surface area contributed by atoms with E-state index in [4.69, 9.17) is 0 Å². The Morgan fingerprint density at radius 1 is 1.29 bits per heavy atom. The van der Waals surface area contributed by atoms with E-state index in [0.29, 0.717) is 5.95 Å².